The minimum Gasteiger partial charge on any atom is -0.493 e. The van der Waals surface area contributed by atoms with Gasteiger partial charge in [0.2, 0.25) is 0 Å². The van der Waals surface area contributed by atoms with E-state index in [1.54, 1.807) is 12.1 Å². The fourth-order valence-electron chi connectivity index (χ4n) is 3.29. The smallest absolute Gasteiger partial charge is 0.339 e. The summed E-state index contributed by atoms with van der Waals surface area (Å²) in [5, 5.41) is 0. The number of carbonyl (C=O) groups is 1. The molecule has 0 saturated heterocycles. The van der Waals surface area contributed by atoms with Gasteiger partial charge in [0.1, 0.15) is 16.5 Å². The van der Waals surface area contributed by atoms with Gasteiger partial charge in [-0.05, 0) is 67.4 Å². The highest BCUT2D eigenvalue weighted by Gasteiger charge is 2.25. The van der Waals surface area contributed by atoms with Gasteiger partial charge in [0.05, 0.1) is 12.7 Å². The monoisotopic (exact) mass is 489 g/mol. The maximum absolute atomic E-state index is 14.3. The second-order valence-corrected chi connectivity index (χ2v) is 9.19. The van der Waals surface area contributed by atoms with Crippen molar-refractivity contribution in [3.8, 4) is 11.5 Å². The van der Waals surface area contributed by atoms with Crippen LogP contribution >= 0.6 is 0 Å². The van der Waals surface area contributed by atoms with E-state index in [0.29, 0.717) is 12.0 Å². The van der Waals surface area contributed by atoms with Crippen molar-refractivity contribution >= 4 is 16.0 Å². The van der Waals surface area contributed by atoms with Crippen LogP contribution in [0.2, 0.25) is 0 Å². The van der Waals surface area contributed by atoms with Gasteiger partial charge < -0.3 is 13.8 Å². The fourth-order valence-corrected chi connectivity index (χ4v) is 4.22. The zero-order valence-electron chi connectivity index (χ0n) is 19.0. The van der Waals surface area contributed by atoms with Crippen LogP contribution in [0.15, 0.2) is 71.6 Å². The van der Waals surface area contributed by atoms with E-state index in [-0.39, 0.29) is 34.5 Å². The molecule has 0 aliphatic heterocycles. The molecule has 0 unspecified atom stereocenters. The molecule has 34 heavy (non-hydrogen) atoms. The van der Waals surface area contributed by atoms with Gasteiger partial charge in [0.25, 0.3) is 5.91 Å². The number of ether oxygens (including phenoxy) is 1. The van der Waals surface area contributed by atoms with Gasteiger partial charge >= 0.3 is 10.1 Å². The molecule has 0 bridgehead atoms. The van der Waals surface area contributed by atoms with Gasteiger partial charge in [-0.15, -0.1) is 0 Å². The highest BCUT2D eigenvalue weighted by Crippen LogP contribution is 2.32. The molecule has 3 rings (SSSR count). The van der Waals surface area contributed by atoms with Crippen LogP contribution in [0.4, 0.5) is 8.78 Å². The molecule has 0 aliphatic rings. The molecule has 9 heteroatoms. The van der Waals surface area contributed by atoms with Gasteiger partial charge in [-0.25, -0.2) is 8.78 Å². The van der Waals surface area contributed by atoms with Crippen LogP contribution in [0.5, 0.6) is 11.5 Å². The van der Waals surface area contributed by atoms with Gasteiger partial charge in [-0.3, -0.25) is 4.79 Å². The number of rotatable bonds is 9. The number of methoxy groups -OCH3 is 1. The number of halogens is 2. The Hall–Kier alpha value is -3.46. The van der Waals surface area contributed by atoms with Gasteiger partial charge in [-0.1, -0.05) is 25.1 Å². The third-order valence-electron chi connectivity index (χ3n) is 5.37. The first-order valence-electron chi connectivity index (χ1n) is 10.6. The van der Waals surface area contributed by atoms with Crippen molar-refractivity contribution < 1.29 is 30.9 Å². The van der Waals surface area contributed by atoms with Crippen molar-refractivity contribution in [2.75, 3.05) is 7.11 Å². The summed E-state index contributed by atoms with van der Waals surface area (Å²) in [5.74, 6) is -1.62. The Morgan fingerprint density at radius 1 is 1.00 bits per heavy atom. The third-order valence-corrected chi connectivity index (χ3v) is 6.62. The lowest BCUT2D eigenvalue weighted by Gasteiger charge is -2.29. The van der Waals surface area contributed by atoms with Gasteiger partial charge in [0.15, 0.2) is 11.5 Å². The van der Waals surface area contributed by atoms with Gasteiger partial charge in [0, 0.05) is 12.6 Å². The number of hydrogen-bond donors (Lipinski definition) is 0. The second kappa shape index (κ2) is 10.6. The normalized spacial score (nSPS) is 12.1. The van der Waals surface area contributed by atoms with Crippen molar-refractivity contribution in [2.24, 2.45) is 0 Å². The summed E-state index contributed by atoms with van der Waals surface area (Å²) in [6.07, 6.45) is 0.624. The number of amides is 1. The number of benzene rings is 3. The fraction of sp³-hybridized carbons (Fsp3) is 0.240. The van der Waals surface area contributed by atoms with E-state index in [1.807, 2.05) is 13.8 Å². The van der Waals surface area contributed by atoms with E-state index in [1.165, 1.54) is 42.3 Å². The van der Waals surface area contributed by atoms with Crippen LogP contribution in [-0.2, 0) is 16.7 Å². The lowest BCUT2D eigenvalue weighted by atomic mass is 10.1. The van der Waals surface area contributed by atoms with E-state index >= 15 is 0 Å². The maximum Gasteiger partial charge on any atom is 0.339 e. The quantitative estimate of drug-likeness (QED) is 0.387. The van der Waals surface area contributed by atoms with E-state index in [9.17, 15) is 22.0 Å². The molecule has 0 heterocycles. The third kappa shape index (κ3) is 5.72. The number of nitrogens with zero attached hydrogens (tertiary/aromatic N) is 1. The Balaban J connectivity index is 1.93. The Morgan fingerprint density at radius 3 is 2.29 bits per heavy atom. The van der Waals surface area contributed by atoms with Crippen molar-refractivity contribution in [1.82, 2.24) is 4.90 Å². The van der Waals surface area contributed by atoms with Crippen LogP contribution in [0, 0.1) is 11.6 Å². The molecule has 0 aliphatic carbocycles. The average molecular weight is 490 g/mol. The first kappa shape index (κ1) is 25.2. The van der Waals surface area contributed by atoms with Crippen molar-refractivity contribution in [3.05, 3.63) is 89.5 Å². The Kier molecular flexibility index (Phi) is 7.88. The highest BCUT2D eigenvalue weighted by atomic mass is 32.2. The first-order valence-corrected chi connectivity index (χ1v) is 12.0. The van der Waals surface area contributed by atoms with E-state index in [4.69, 9.17) is 8.92 Å². The van der Waals surface area contributed by atoms with E-state index in [2.05, 4.69) is 0 Å². The average Bonchev–Trinajstić information content (AvgIpc) is 2.82. The molecule has 0 N–H and O–H groups in total. The molecule has 0 saturated carbocycles. The molecule has 1 atom stereocenters. The Morgan fingerprint density at radius 2 is 1.68 bits per heavy atom. The maximum atomic E-state index is 14.3. The summed E-state index contributed by atoms with van der Waals surface area (Å²) < 4.78 is 63.4. The highest BCUT2D eigenvalue weighted by molar-refractivity contribution is 7.87. The summed E-state index contributed by atoms with van der Waals surface area (Å²) in [7, 11) is -2.91. The SMILES string of the molecule is CC[C@H](C)N(Cc1ccc(OC)c(OS(=O)(=O)c2ccc(F)cc2)c1)C(=O)c1ccccc1F. The van der Waals surface area contributed by atoms with Crippen LogP contribution in [0.1, 0.15) is 36.2 Å². The molecular weight excluding hydrogens is 464 g/mol. The number of carbonyl (C=O) groups excluding carboxylic acids is 1. The predicted octanol–water partition coefficient (Wildman–Crippen LogP) is 5.18. The topological polar surface area (TPSA) is 72.9 Å². The molecule has 6 nitrogen and oxygen atoms in total. The summed E-state index contributed by atoms with van der Waals surface area (Å²) >= 11 is 0. The molecule has 3 aromatic carbocycles. The Bertz CT molecular complexity index is 1260. The predicted molar refractivity (Wildman–Crippen MR) is 123 cm³/mol. The zero-order valence-corrected chi connectivity index (χ0v) is 19.8. The molecule has 0 spiro atoms. The van der Waals surface area contributed by atoms with Crippen LogP contribution < -0.4 is 8.92 Å². The molecule has 0 radical (unpaired) electrons. The summed E-state index contributed by atoms with van der Waals surface area (Å²) in [6, 6.07) is 14.4. The van der Waals surface area contributed by atoms with Gasteiger partial charge in [-0.2, -0.15) is 8.42 Å². The van der Waals surface area contributed by atoms with Crippen molar-refractivity contribution in [3.63, 3.8) is 0 Å². The molecule has 0 aromatic heterocycles. The number of hydrogen-bond acceptors (Lipinski definition) is 5. The lowest BCUT2D eigenvalue weighted by Crippen LogP contribution is -2.38. The molecule has 180 valence electrons. The van der Waals surface area contributed by atoms with Crippen LogP contribution in [0.25, 0.3) is 0 Å². The Labute approximate surface area is 197 Å². The molecule has 0 fully saturated rings. The molecule has 1 amide bonds. The largest absolute Gasteiger partial charge is 0.493 e. The van der Waals surface area contributed by atoms with E-state index < -0.39 is 27.7 Å². The first-order chi connectivity index (χ1) is 16.2. The molecular formula is C25H25F2NO5S. The lowest BCUT2D eigenvalue weighted by molar-refractivity contribution is 0.0666. The van der Waals surface area contributed by atoms with Crippen molar-refractivity contribution in [1.29, 1.82) is 0 Å². The van der Waals surface area contributed by atoms with Crippen LogP contribution in [0.3, 0.4) is 0 Å². The molecule has 3 aromatic rings. The van der Waals surface area contributed by atoms with Crippen LogP contribution in [-0.4, -0.2) is 32.4 Å². The standard InChI is InChI=1S/C25H25F2NO5S/c1-4-17(2)28(25(29)21-7-5-6-8-22(21)27)16-18-9-14-23(32-3)24(15-18)33-34(30,31)20-12-10-19(26)11-13-20/h5-15,17H,4,16H2,1-3H3/t17-/m0/s1. The second-order valence-electron chi connectivity index (χ2n) is 7.65. The van der Waals surface area contributed by atoms with Crippen molar-refractivity contribution in [2.45, 2.75) is 37.8 Å². The minimum absolute atomic E-state index is 0.0494. The zero-order chi connectivity index (χ0) is 24.9. The summed E-state index contributed by atoms with van der Waals surface area (Å²) in [6.45, 7) is 3.84. The summed E-state index contributed by atoms with van der Waals surface area (Å²) in [5.41, 5.74) is 0.502. The van der Waals surface area contributed by atoms with E-state index in [0.717, 1.165) is 24.3 Å². The summed E-state index contributed by atoms with van der Waals surface area (Å²) in [4.78, 5) is 14.4. The minimum atomic E-state index is -4.27.